The van der Waals surface area contributed by atoms with Gasteiger partial charge in [-0.05, 0) is 39.0 Å². The van der Waals surface area contributed by atoms with Crippen molar-refractivity contribution in [3.63, 3.8) is 0 Å². The predicted molar refractivity (Wildman–Crippen MR) is 74.8 cm³/mol. The number of alkyl halides is 3. The largest absolute Gasteiger partial charge is 0.417 e. The molecule has 0 unspecified atom stereocenters. The zero-order valence-corrected chi connectivity index (χ0v) is 12.7. The Hall–Kier alpha value is -1.68. The summed E-state index contributed by atoms with van der Waals surface area (Å²) >= 11 is 0.997. The lowest BCUT2D eigenvalue weighted by Crippen LogP contribution is -2.41. The minimum Gasteiger partial charge on any atom is -0.351 e. The number of amides is 1. The first-order valence-corrected chi connectivity index (χ1v) is 7.06. The van der Waals surface area contributed by atoms with Crippen molar-refractivity contribution in [2.75, 3.05) is 5.75 Å². The molecule has 0 atom stereocenters. The number of hydrogen-bond acceptors (Lipinski definition) is 3. The molecule has 0 aliphatic heterocycles. The number of nitrogens with one attached hydrogen (secondary N) is 1. The molecular formula is C14H15F3N2OS. The minimum atomic E-state index is -4.59. The maximum atomic E-state index is 12.8. The highest BCUT2D eigenvalue weighted by molar-refractivity contribution is 8.00. The van der Waals surface area contributed by atoms with E-state index in [4.69, 9.17) is 5.26 Å². The molecule has 0 saturated heterocycles. The monoisotopic (exact) mass is 316 g/mol. The first-order chi connectivity index (χ1) is 9.53. The SMILES string of the molecule is CC(C)(C)NC(=O)CSc1ccc(C#N)c(C(F)(F)F)c1. The predicted octanol–water partition coefficient (Wildman–Crippen LogP) is 3.58. The quantitative estimate of drug-likeness (QED) is 0.867. The van der Waals surface area contributed by atoms with Crippen LogP contribution in [0.4, 0.5) is 13.2 Å². The lowest BCUT2D eigenvalue weighted by Gasteiger charge is -2.20. The lowest BCUT2D eigenvalue weighted by molar-refractivity contribution is -0.137. The number of hydrogen-bond donors (Lipinski definition) is 1. The van der Waals surface area contributed by atoms with E-state index in [0.29, 0.717) is 4.90 Å². The van der Waals surface area contributed by atoms with E-state index in [2.05, 4.69) is 5.32 Å². The van der Waals surface area contributed by atoms with Gasteiger partial charge in [0.25, 0.3) is 0 Å². The molecule has 0 saturated carbocycles. The molecule has 0 bridgehead atoms. The van der Waals surface area contributed by atoms with Crippen molar-refractivity contribution < 1.29 is 18.0 Å². The first-order valence-electron chi connectivity index (χ1n) is 6.08. The van der Waals surface area contributed by atoms with Gasteiger partial charge in [-0.25, -0.2) is 0 Å². The average molecular weight is 316 g/mol. The van der Waals surface area contributed by atoms with Gasteiger partial charge < -0.3 is 5.32 Å². The zero-order valence-electron chi connectivity index (χ0n) is 11.8. The number of nitriles is 1. The van der Waals surface area contributed by atoms with E-state index >= 15 is 0 Å². The molecule has 21 heavy (non-hydrogen) atoms. The molecule has 114 valence electrons. The topological polar surface area (TPSA) is 52.9 Å². The Balaban J connectivity index is 2.83. The van der Waals surface area contributed by atoms with E-state index in [0.717, 1.165) is 23.9 Å². The highest BCUT2D eigenvalue weighted by Gasteiger charge is 2.33. The van der Waals surface area contributed by atoms with Crippen molar-refractivity contribution in [3.05, 3.63) is 29.3 Å². The summed E-state index contributed by atoms with van der Waals surface area (Å²) in [6, 6.07) is 4.94. The van der Waals surface area contributed by atoms with E-state index in [1.54, 1.807) is 0 Å². The number of carbonyl (C=O) groups is 1. The second-order valence-electron chi connectivity index (χ2n) is 5.40. The van der Waals surface area contributed by atoms with Crippen molar-refractivity contribution in [1.82, 2.24) is 5.32 Å². The number of rotatable bonds is 3. The number of benzene rings is 1. The van der Waals surface area contributed by atoms with Crippen LogP contribution in [0.5, 0.6) is 0 Å². The summed E-state index contributed by atoms with van der Waals surface area (Å²) in [5, 5.41) is 11.4. The maximum Gasteiger partial charge on any atom is 0.417 e. The molecule has 0 aliphatic rings. The number of nitrogens with zero attached hydrogens (tertiary/aromatic N) is 1. The van der Waals surface area contributed by atoms with E-state index in [-0.39, 0.29) is 17.2 Å². The van der Waals surface area contributed by atoms with Gasteiger partial charge in [0.15, 0.2) is 0 Å². The fourth-order valence-corrected chi connectivity index (χ4v) is 2.28. The minimum absolute atomic E-state index is 0.0144. The Morgan fingerprint density at radius 1 is 1.33 bits per heavy atom. The van der Waals surface area contributed by atoms with Crippen LogP contribution in [-0.4, -0.2) is 17.2 Å². The molecule has 3 nitrogen and oxygen atoms in total. The third-order valence-corrected chi connectivity index (χ3v) is 3.30. The Labute approximate surface area is 125 Å². The summed E-state index contributed by atoms with van der Waals surface area (Å²) in [5.41, 5.74) is -1.79. The highest BCUT2D eigenvalue weighted by atomic mass is 32.2. The lowest BCUT2D eigenvalue weighted by atomic mass is 10.1. The second-order valence-corrected chi connectivity index (χ2v) is 6.45. The van der Waals surface area contributed by atoms with Gasteiger partial charge in [0.1, 0.15) is 0 Å². The van der Waals surface area contributed by atoms with Gasteiger partial charge in [0.05, 0.1) is 22.9 Å². The van der Waals surface area contributed by atoms with Gasteiger partial charge in [-0.2, -0.15) is 18.4 Å². The summed E-state index contributed by atoms with van der Waals surface area (Å²) in [4.78, 5) is 11.9. The maximum absolute atomic E-state index is 12.8. The molecule has 0 aliphatic carbocycles. The van der Waals surface area contributed by atoms with Crippen LogP contribution in [0.15, 0.2) is 23.1 Å². The Kier molecular flexibility index (Phi) is 5.29. The zero-order chi connectivity index (χ0) is 16.3. The van der Waals surface area contributed by atoms with Crippen molar-refractivity contribution >= 4 is 17.7 Å². The molecule has 7 heteroatoms. The van der Waals surface area contributed by atoms with Gasteiger partial charge in [0.2, 0.25) is 5.91 Å². The molecule has 0 aromatic heterocycles. The molecule has 0 heterocycles. The summed E-state index contributed by atoms with van der Waals surface area (Å²) in [5.74, 6) is -0.245. The molecule has 1 aromatic rings. The van der Waals surface area contributed by atoms with Gasteiger partial charge >= 0.3 is 6.18 Å². The van der Waals surface area contributed by atoms with Crippen LogP contribution in [0.3, 0.4) is 0 Å². The van der Waals surface area contributed by atoms with E-state index in [1.807, 2.05) is 20.8 Å². The van der Waals surface area contributed by atoms with Crippen molar-refractivity contribution in [1.29, 1.82) is 5.26 Å². The summed E-state index contributed by atoms with van der Waals surface area (Å²) in [6.07, 6.45) is -4.59. The Bertz CT molecular complexity index is 571. The van der Waals surface area contributed by atoms with E-state index in [9.17, 15) is 18.0 Å². The number of halogens is 3. The van der Waals surface area contributed by atoms with Crippen molar-refractivity contribution in [2.45, 2.75) is 37.4 Å². The van der Waals surface area contributed by atoms with Crippen LogP contribution >= 0.6 is 11.8 Å². The van der Waals surface area contributed by atoms with Crippen LogP contribution in [0.1, 0.15) is 31.9 Å². The number of carbonyl (C=O) groups excluding carboxylic acids is 1. The summed E-state index contributed by atoms with van der Waals surface area (Å²) in [7, 11) is 0. The third kappa shape index (κ3) is 5.68. The van der Waals surface area contributed by atoms with Crippen LogP contribution in [0.2, 0.25) is 0 Å². The smallest absolute Gasteiger partial charge is 0.351 e. The fraction of sp³-hybridized carbons (Fsp3) is 0.429. The van der Waals surface area contributed by atoms with Crippen LogP contribution < -0.4 is 5.32 Å². The molecular weight excluding hydrogens is 301 g/mol. The average Bonchev–Trinajstić information content (AvgIpc) is 2.33. The van der Waals surface area contributed by atoms with E-state index in [1.165, 1.54) is 12.1 Å². The van der Waals surface area contributed by atoms with Gasteiger partial charge in [0, 0.05) is 10.4 Å². The summed E-state index contributed by atoms with van der Waals surface area (Å²) < 4.78 is 38.4. The normalized spacial score (nSPS) is 11.9. The Morgan fingerprint density at radius 3 is 2.43 bits per heavy atom. The van der Waals surface area contributed by atoms with Gasteiger partial charge in [-0.1, -0.05) is 0 Å². The standard InChI is InChI=1S/C14H15F3N2OS/c1-13(2,3)19-12(20)8-21-10-5-4-9(7-18)11(6-10)14(15,16)17/h4-6H,8H2,1-3H3,(H,19,20). The molecule has 1 N–H and O–H groups in total. The van der Waals surface area contributed by atoms with Crippen LogP contribution in [0.25, 0.3) is 0 Å². The molecule has 0 radical (unpaired) electrons. The molecule has 1 aromatic carbocycles. The Morgan fingerprint density at radius 2 is 1.95 bits per heavy atom. The van der Waals surface area contributed by atoms with Crippen LogP contribution in [0, 0.1) is 11.3 Å². The van der Waals surface area contributed by atoms with Crippen LogP contribution in [-0.2, 0) is 11.0 Å². The molecule has 1 amide bonds. The highest BCUT2D eigenvalue weighted by Crippen LogP contribution is 2.34. The summed E-state index contributed by atoms with van der Waals surface area (Å²) in [6.45, 7) is 5.46. The fourth-order valence-electron chi connectivity index (χ4n) is 1.55. The van der Waals surface area contributed by atoms with E-state index < -0.39 is 17.3 Å². The second kappa shape index (κ2) is 6.39. The molecule has 1 rings (SSSR count). The first kappa shape index (κ1) is 17.4. The molecule has 0 fully saturated rings. The van der Waals surface area contributed by atoms with Gasteiger partial charge in [-0.3, -0.25) is 4.79 Å². The third-order valence-electron chi connectivity index (χ3n) is 2.30. The van der Waals surface area contributed by atoms with Crippen molar-refractivity contribution in [2.24, 2.45) is 0 Å². The van der Waals surface area contributed by atoms with Crippen molar-refractivity contribution in [3.8, 4) is 6.07 Å². The number of thioether (sulfide) groups is 1. The molecule has 0 spiro atoms. The van der Waals surface area contributed by atoms with Gasteiger partial charge in [-0.15, -0.1) is 11.8 Å².